The number of hydrogen-bond acceptors (Lipinski definition) is 6. The van der Waals surface area contributed by atoms with Gasteiger partial charge in [0.15, 0.2) is 0 Å². The Hall–Kier alpha value is -3.55. The van der Waals surface area contributed by atoms with Crippen LogP contribution in [-0.2, 0) is 16.1 Å². The smallest absolute Gasteiger partial charge is 0.329 e. The minimum absolute atomic E-state index is 0.104. The monoisotopic (exact) mass is 326 g/mol. The lowest BCUT2D eigenvalue weighted by molar-refractivity contribution is -0.384. The fourth-order valence-electron chi connectivity index (χ4n) is 2.29. The summed E-state index contributed by atoms with van der Waals surface area (Å²) in [7, 11) is 0. The van der Waals surface area contributed by atoms with E-state index in [1.54, 1.807) is 12.1 Å². The largest absolute Gasteiger partial charge is 0.337 e. The summed E-state index contributed by atoms with van der Waals surface area (Å²) >= 11 is 0. The zero-order chi connectivity index (χ0) is 17.3. The lowest BCUT2D eigenvalue weighted by Crippen LogP contribution is -2.33. The Morgan fingerprint density at radius 1 is 1.00 bits per heavy atom. The molecule has 3 rings (SSSR count). The van der Waals surface area contributed by atoms with E-state index in [1.165, 1.54) is 36.4 Å². The van der Waals surface area contributed by atoms with Crippen LogP contribution in [0.15, 0.2) is 48.5 Å². The van der Waals surface area contributed by atoms with Gasteiger partial charge >= 0.3 is 5.97 Å². The summed E-state index contributed by atoms with van der Waals surface area (Å²) in [5.74, 6) is -2.22. The van der Waals surface area contributed by atoms with E-state index in [0.29, 0.717) is 10.6 Å². The van der Waals surface area contributed by atoms with Gasteiger partial charge in [-0.25, -0.2) is 4.79 Å². The van der Waals surface area contributed by atoms with Gasteiger partial charge in [-0.3, -0.25) is 19.7 Å². The number of hydrogen-bond donors (Lipinski definition) is 0. The van der Waals surface area contributed by atoms with Gasteiger partial charge in [-0.2, -0.15) is 0 Å². The van der Waals surface area contributed by atoms with Crippen molar-refractivity contribution in [3.8, 4) is 0 Å². The first-order chi connectivity index (χ1) is 11.5. The molecule has 0 radical (unpaired) electrons. The molecule has 0 spiro atoms. The highest BCUT2D eigenvalue weighted by atomic mass is 16.7. The van der Waals surface area contributed by atoms with Crippen molar-refractivity contribution in [1.82, 2.24) is 5.06 Å². The Morgan fingerprint density at radius 2 is 1.54 bits per heavy atom. The Kier molecular flexibility index (Phi) is 3.78. The predicted molar refractivity (Wildman–Crippen MR) is 79.8 cm³/mol. The topological polar surface area (TPSA) is 107 Å². The van der Waals surface area contributed by atoms with Gasteiger partial charge < -0.3 is 4.84 Å². The zero-order valence-electron chi connectivity index (χ0n) is 12.2. The number of fused-ring (bicyclic) bond motifs is 1. The molecule has 0 aliphatic carbocycles. The fraction of sp³-hybridized carbons (Fsp3) is 0.0625. The number of non-ortho nitro benzene ring substituents is 1. The summed E-state index contributed by atoms with van der Waals surface area (Å²) in [6.45, 7) is 0. The first-order valence-electron chi connectivity index (χ1n) is 6.89. The highest BCUT2D eigenvalue weighted by molar-refractivity contribution is 6.20. The normalized spacial score (nSPS) is 12.9. The van der Waals surface area contributed by atoms with Gasteiger partial charge in [0, 0.05) is 12.1 Å². The second-order valence-electron chi connectivity index (χ2n) is 5.01. The van der Waals surface area contributed by atoms with Crippen LogP contribution in [0.1, 0.15) is 26.3 Å². The molecule has 2 aromatic carbocycles. The van der Waals surface area contributed by atoms with E-state index in [-0.39, 0.29) is 23.2 Å². The number of nitro benzene ring substituents is 1. The van der Waals surface area contributed by atoms with Crippen LogP contribution in [-0.4, -0.2) is 27.8 Å². The third-order valence-electron chi connectivity index (χ3n) is 3.45. The van der Waals surface area contributed by atoms with E-state index in [0.717, 1.165) is 0 Å². The van der Waals surface area contributed by atoms with Crippen LogP contribution in [0.5, 0.6) is 0 Å². The van der Waals surface area contributed by atoms with Crippen molar-refractivity contribution in [3.63, 3.8) is 0 Å². The molecule has 8 heteroatoms. The minimum Gasteiger partial charge on any atom is -0.329 e. The molecule has 0 saturated carbocycles. The molecule has 1 heterocycles. The number of hydroxylamine groups is 2. The Bertz CT molecular complexity index is 824. The molecular weight excluding hydrogens is 316 g/mol. The SMILES string of the molecule is O=C(Cc1ccc([N+](=O)[O-])cc1)ON1C(=O)c2ccccc2C1=O. The van der Waals surface area contributed by atoms with Crippen LogP contribution in [0.25, 0.3) is 0 Å². The van der Waals surface area contributed by atoms with E-state index in [9.17, 15) is 24.5 Å². The van der Waals surface area contributed by atoms with Crippen LogP contribution < -0.4 is 0 Å². The van der Waals surface area contributed by atoms with Crippen LogP contribution in [0.2, 0.25) is 0 Å². The van der Waals surface area contributed by atoms with Crippen LogP contribution in [0, 0.1) is 10.1 Å². The third kappa shape index (κ3) is 2.72. The summed E-state index contributed by atoms with van der Waals surface area (Å²) in [4.78, 5) is 50.9. The summed E-state index contributed by atoms with van der Waals surface area (Å²) in [6, 6.07) is 11.5. The molecule has 0 aromatic heterocycles. The van der Waals surface area contributed by atoms with Gasteiger partial charge in [0.05, 0.1) is 22.5 Å². The van der Waals surface area contributed by atoms with Gasteiger partial charge in [0.25, 0.3) is 17.5 Å². The summed E-state index contributed by atoms with van der Waals surface area (Å²) in [5.41, 5.74) is 0.700. The van der Waals surface area contributed by atoms with E-state index >= 15 is 0 Å². The number of rotatable bonds is 4. The van der Waals surface area contributed by atoms with Crippen molar-refractivity contribution in [2.24, 2.45) is 0 Å². The van der Waals surface area contributed by atoms with Crippen LogP contribution >= 0.6 is 0 Å². The Labute approximate surface area is 135 Å². The molecule has 1 aliphatic heterocycles. The number of nitrogens with zero attached hydrogens (tertiary/aromatic N) is 2. The maximum absolute atomic E-state index is 12.1. The molecule has 2 amide bonds. The molecule has 0 unspecified atom stereocenters. The van der Waals surface area contributed by atoms with E-state index in [2.05, 4.69) is 0 Å². The quantitative estimate of drug-likeness (QED) is 0.482. The third-order valence-corrected chi connectivity index (χ3v) is 3.45. The molecule has 8 nitrogen and oxygen atoms in total. The molecule has 1 aliphatic rings. The summed E-state index contributed by atoms with van der Waals surface area (Å²) < 4.78 is 0. The number of carbonyl (C=O) groups excluding carboxylic acids is 3. The van der Waals surface area contributed by atoms with Crippen molar-refractivity contribution in [2.75, 3.05) is 0 Å². The second kappa shape index (κ2) is 5.92. The first kappa shape index (κ1) is 15.3. The first-order valence-corrected chi connectivity index (χ1v) is 6.89. The number of nitro groups is 1. The van der Waals surface area contributed by atoms with Crippen molar-refractivity contribution >= 4 is 23.5 Å². The van der Waals surface area contributed by atoms with Gasteiger partial charge in [0.2, 0.25) is 0 Å². The number of imide groups is 1. The molecule has 24 heavy (non-hydrogen) atoms. The molecular formula is C16H10N2O6. The lowest BCUT2D eigenvalue weighted by Gasteiger charge is -2.12. The zero-order valence-corrected chi connectivity index (χ0v) is 12.2. The van der Waals surface area contributed by atoms with Crippen molar-refractivity contribution in [1.29, 1.82) is 0 Å². The maximum Gasteiger partial charge on any atom is 0.337 e. The van der Waals surface area contributed by atoms with E-state index in [4.69, 9.17) is 4.84 Å². The summed E-state index contributed by atoms with van der Waals surface area (Å²) in [6.07, 6.45) is -0.231. The number of amides is 2. The standard InChI is InChI=1S/C16H10N2O6/c19-14(9-10-5-7-11(8-6-10)18(22)23)24-17-15(20)12-3-1-2-4-13(12)16(17)21/h1-8H,9H2. The average molecular weight is 326 g/mol. The molecule has 120 valence electrons. The highest BCUT2D eigenvalue weighted by Gasteiger charge is 2.38. The second-order valence-corrected chi connectivity index (χ2v) is 5.01. The van der Waals surface area contributed by atoms with Gasteiger partial charge in [-0.05, 0) is 17.7 Å². The Morgan fingerprint density at radius 3 is 2.04 bits per heavy atom. The van der Waals surface area contributed by atoms with Crippen LogP contribution in [0.3, 0.4) is 0 Å². The van der Waals surface area contributed by atoms with Crippen molar-refractivity contribution in [3.05, 3.63) is 75.3 Å². The molecule has 0 atom stereocenters. The van der Waals surface area contributed by atoms with Gasteiger partial charge in [0.1, 0.15) is 0 Å². The van der Waals surface area contributed by atoms with Crippen molar-refractivity contribution in [2.45, 2.75) is 6.42 Å². The maximum atomic E-state index is 12.1. The lowest BCUT2D eigenvalue weighted by atomic mass is 10.1. The summed E-state index contributed by atoms with van der Waals surface area (Å²) in [5, 5.41) is 11.0. The van der Waals surface area contributed by atoms with E-state index < -0.39 is 22.7 Å². The number of carbonyl (C=O) groups is 3. The van der Waals surface area contributed by atoms with Gasteiger partial charge in [-0.1, -0.05) is 29.3 Å². The average Bonchev–Trinajstić information content (AvgIpc) is 2.81. The van der Waals surface area contributed by atoms with E-state index in [1.807, 2.05) is 0 Å². The molecule has 0 fully saturated rings. The molecule has 0 bridgehead atoms. The molecule has 0 N–H and O–H groups in total. The Balaban J connectivity index is 1.69. The molecule has 2 aromatic rings. The van der Waals surface area contributed by atoms with Crippen LogP contribution in [0.4, 0.5) is 5.69 Å². The fourth-order valence-corrected chi connectivity index (χ4v) is 2.29. The minimum atomic E-state index is -0.821. The highest BCUT2D eigenvalue weighted by Crippen LogP contribution is 2.23. The number of benzene rings is 2. The van der Waals surface area contributed by atoms with Crippen molar-refractivity contribution < 1.29 is 24.1 Å². The van der Waals surface area contributed by atoms with Gasteiger partial charge in [-0.15, -0.1) is 0 Å². The molecule has 0 saturated heterocycles. The predicted octanol–water partition coefficient (Wildman–Crippen LogP) is 1.89.